The van der Waals surface area contributed by atoms with E-state index < -0.39 is 12.5 Å². The molecular weight excluding hydrogens is 520 g/mol. The van der Waals surface area contributed by atoms with Crippen molar-refractivity contribution in [1.29, 1.82) is 0 Å². The molecule has 0 saturated carbocycles. The van der Waals surface area contributed by atoms with Gasteiger partial charge in [-0.05, 0) is 50.2 Å². The molecule has 0 spiro atoms. The Labute approximate surface area is 220 Å². The summed E-state index contributed by atoms with van der Waals surface area (Å²) < 4.78 is 34.0. The number of halogens is 3. The van der Waals surface area contributed by atoms with E-state index in [9.17, 15) is 18.4 Å². The molecule has 0 bridgehead atoms. The molecule has 1 aromatic carbocycles. The van der Waals surface area contributed by atoms with E-state index in [2.05, 4.69) is 20.1 Å². The fourth-order valence-corrected chi connectivity index (χ4v) is 4.83. The third kappa shape index (κ3) is 5.36. The summed E-state index contributed by atoms with van der Waals surface area (Å²) in [4.78, 5) is 31.7. The van der Waals surface area contributed by atoms with E-state index in [0.29, 0.717) is 0 Å². The van der Waals surface area contributed by atoms with Gasteiger partial charge in [-0.15, -0.1) is 0 Å². The lowest BCUT2D eigenvalue weighted by molar-refractivity contribution is -0.121. The molecule has 1 amide bonds. The molecular formula is C25H24ClF2N7O3. The third-order valence-corrected chi connectivity index (χ3v) is 6.49. The Hall–Kier alpha value is -3.90. The average molecular weight is 544 g/mol. The smallest absolute Gasteiger partial charge is 0.387 e. The lowest BCUT2D eigenvalue weighted by Gasteiger charge is -2.25. The number of nitrogens with zero attached hydrogens (tertiary/aromatic N) is 6. The molecule has 198 valence electrons. The number of carbonyl (C=O) groups is 2. The van der Waals surface area contributed by atoms with Gasteiger partial charge in [-0.25, -0.2) is 9.50 Å². The van der Waals surface area contributed by atoms with E-state index in [1.807, 2.05) is 0 Å². The molecule has 0 unspecified atom stereocenters. The number of Topliss-reactive ketones (excluding diaryl/α,β-unsaturated/α-hetero) is 1. The first-order valence-electron chi connectivity index (χ1n) is 12.0. The Morgan fingerprint density at radius 1 is 1.08 bits per heavy atom. The minimum Gasteiger partial charge on any atom is -0.434 e. The van der Waals surface area contributed by atoms with Crippen LogP contribution in [0.1, 0.15) is 29.6 Å². The molecule has 1 saturated heterocycles. The second-order valence-corrected chi connectivity index (χ2v) is 9.40. The number of amides is 1. The number of rotatable bonds is 9. The van der Waals surface area contributed by atoms with Gasteiger partial charge >= 0.3 is 6.61 Å². The van der Waals surface area contributed by atoms with Crippen LogP contribution in [0.15, 0.2) is 42.9 Å². The number of hydrogen-bond donors (Lipinski definition) is 1. The first-order valence-corrected chi connectivity index (χ1v) is 12.4. The van der Waals surface area contributed by atoms with Gasteiger partial charge < -0.3 is 10.5 Å². The summed E-state index contributed by atoms with van der Waals surface area (Å²) in [5, 5.41) is 9.26. The largest absolute Gasteiger partial charge is 0.434 e. The van der Waals surface area contributed by atoms with Gasteiger partial charge in [0.1, 0.15) is 29.2 Å². The van der Waals surface area contributed by atoms with Crippen molar-refractivity contribution in [2.45, 2.75) is 32.4 Å². The van der Waals surface area contributed by atoms with Gasteiger partial charge in [0.15, 0.2) is 11.4 Å². The topological polar surface area (TPSA) is 121 Å². The highest BCUT2D eigenvalue weighted by molar-refractivity contribution is 6.31. The number of alkyl halides is 2. The number of primary amides is 1. The Balaban J connectivity index is 1.63. The van der Waals surface area contributed by atoms with Gasteiger partial charge in [-0.2, -0.15) is 19.0 Å². The van der Waals surface area contributed by atoms with Crippen molar-refractivity contribution in [2.24, 2.45) is 5.73 Å². The average Bonchev–Trinajstić information content (AvgIpc) is 3.46. The molecule has 38 heavy (non-hydrogen) atoms. The molecule has 4 heterocycles. The predicted octanol–water partition coefficient (Wildman–Crippen LogP) is 3.67. The Morgan fingerprint density at radius 2 is 1.87 bits per heavy atom. The number of ketones is 1. The van der Waals surface area contributed by atoms with Crippen LogP contribution in [0.3, 0.4) is 0 Å². The summed E-state index contributed by atoms with van der Waals surface area (Å²) in [6, 6.07) is 5.76. The molecule has 13 heteroatoms. The van der Waals surface area contributed by atoms with Crippen molar-refractivity contribution in [3.8, 4) is 28.3 Å². The number of carbonyl (C=O) groups excluding carboxylic acids is 2. The summed E-state index contributed by atoms with van der Waals surface area (Å²) in [5.74, 6) is -1.05. The van der Waals surface area contributed by atoms with E-state index in [0.717, 1.165) is 32.4 Å². The summed E-state index contributed by atoms with van der Waals surface area (Å²) in [5.41, 5.74) is 6.61. The maximum absolute atomic E-state index is 13.2. The fourth-order valence-electron chi connectivity index (χ4n) is 4.66. The Bertz CT molecular complexity index is 1500. The van der Waals surface area contributed by atoms with Gasteiger partial charge in [0.25, 0.3) is 5.91 Å². The van der Waals surface area contributed by atoms with Gasteiger partial charge in [0.2, 0.25) is 0 Å². The molecule has 0 atom stereocenters. The van der Waals surface area contributed by atoms with Crippen LogP contribution in [0.5, 0.6) is 5.75 Å². The lowest BCUT2D eigenvalue weighted by atomic mass is 10.0. The highest BCUT2D eigenvalue weighted by atomic mass is 35.5. The molecule has 1 fully saturated rings. The number of hydrogen-bond acceptors (Lipinski definition) is 7. The molecule has 1 aliphatic heterocycles. The number of aromatic nitrogens is 5. The van der Waals surface area contributed by atoms with Crippen LogP contribution in [-0.4, -0.2) is 67.2 Å². The van der Waals surface area contributed by atoms with Gasteiger partial charge in [-0.3, -0.25) is 19.2 Å². The number of benzene rings is 1. The van der Waals surface area contributed by atoms with Crippen LogP contribution in [0.4, 0.5) is 8.78 Å². The van der Waals surface area contributed by atoms with Crippen LogP contribution >= 0.6 is 11.6 Å². The minimum absolute atomic E-state index is 0.0180. The predicted molar refractivity (Wildman–Crippen MR) is 135 cm³/mol. The number of nitrogens with two attached hydrogens (primary N) is 1. The Kier molecular flexibility index (Phi) is 7.34. The first kappa shape index (κ1) is 25.7. The van der Waals surface area contributed by atoms with Crippen LogP contribution in [0, 0.1) is 0 Å². The highest BCUT2D eigenvalue weighted by Gasteiger charge is 2.27. The van der Waals surface area contributed by atoms with Crippen molar-refractivity contribution in [1.82, 2.24) is 29.3 Å². The zero-order chi connectivity index (χ0) is 26.8. The summed E-state index contributed by atoms with van der Waals surface area (Å²) in [6.45, 7) is -1.20. The second-order valence-electron chi connectivity index (χ2n) is 8.96. The zero-order valence-electron chi connectivity index (χ0n) is 20.2. The summed E-state index contributed by atoms with van der Waals surface area (Å²) >= 11 is 6.21. The summed E-state index contributed by atoms with van der Waals surface area (Å²) in [7, 11) is 0. The van der Waals surface area contributed by atoms with Crippen molar-refractivity contribution >= 4 is 28.9 Å². The molecule has 3 aromatic heterocycles. The molecule has 5 rings (SSSR count). The normalized spacial score (nSPS) is 14.3. The molecule has 2 N–H and O–H groups in total. The minimum atomic E-state index is -3.10. The first-order chi connectivity index (χ1) is 18.3. The van der Waals surface area contributed by atoms with E-state index in [1.165, 1.54) is 39.8 Å². The molecule has 10 nitrogen and oxygen atoms in total. The number of fused-ring (bicyclic) bond motifs is 1. The van der Waals surface area contributed by atoms with Crippen molar-refractivity contribution < 1.29 is 23.1 Å². The maximum Gasteiger partial charge on any atom is 0.387 e. The van der Waals surface area contributed by atoms with Gasteiger partial charge in [0, 0.05) is 34.7 Å². The van der Waals surface area contributed by atoms with Crippen molar-refractivity contribution in [2.75, 3.05) is 19.6 Å². The second kappa shape index (κ2) is 10.8. The zero-order valence-corrected chi connectivity index (χ0v) is 20.9. The standard InChI is InChI=1S/C25H24ClF2N7O3/c26-15-5-6-19(38-25(27)28)17(11-15)21-18(22-20(23(29)37)24-30-7-4-10-35(24)32-22)14-34(31-21)13-16(36)12-33-8-2-1-3-9-33/h4-7,10-11,14,25H,1-3,8-9,12-13H2,(H2,29,37). The third-order valence-electron chi connectivity index (χ3n) is 6.26. The monoisotopic (exact) mass is 543 g/mol. The van der Waals surface area contributed by atoms with E-state index in [4.69, 9.17) is 22.1 Å². The van der Waals surface area contributed by atoms with Crippen molar-refractivity contribution in [3.05, 3.63) is 53.4 Å². The fraction of sp³-hybridized carbons (Fsp3) is 0.320. The number of likely N-dealkylation sites (tertiary alicyclic amines) is 1. The van der Waals surface area contributed by atoms with Crippen LogP contribution in [0.2, 0.25) is 5.02 Å². The highest BCUT2D eigenvalue weighted by Crippen LogP contribution is 2.39. The molecule has 1 aliphatic rings. The van der Waals surface area contributed by atoms with E-state index in [1.54, 1.807) is 12.3 Å². The molecule has 0 aliphatic carbocycles. The van der Waals surface area contributed by atoms with Gasteiger partial charge in [-0.1, -0.05) is 18.0 Å². The summed E-state index contributed by atoms with van der Waals surface area (Å²) in [6.07, 6.45) is 7.85. The lowest BCUT2D eigenvalue weighted by Crippen LogP contribution is -2.35. The quantitative estimate of drug-likeness (QED) is 0.342. The molecule has 0 radical (unpaired) electrons. The van der Waals surface area contributed by atoms with E-state index >= 15 is 0 Å². The number of piperidine rings is 1. The number of ether oxygens (including phenoxy) is 1. The van der Waals surface area contributed by atoms with Crippen LogP contribution < -0.4 is 10.5 Å². The molecule has 4 aromatic rings. The van der Waals surface area contributed by atoms with Gasteiger partial charge in [0.05, 0.1) is 6.54 Å². The SMILES string of the molecule is NC(=O)c1c(-c2cn(CC(=O)CN3CCCCC3)nc2-c2cc(Cl)ccc2OC(F)F)nn2cccnc12. The van der Waals surface area contributed by atoms with E-state index in [-0.39, 0.29) is 63.4 Å². The van der Waals surface area contributed by atoms with Crippen molar-refractivity contribution in [3.63, 3.8) is 0 Å². The Morgan fingerprint density at radius 3 is 2.61 bits per heavy atom. The van der Waals surface area contributed by atoms with Crippen LogP contribution in [0.25, 0.3) is 28.2 Å². The maximum atomic E-state index is 13.2. The van der Waals surface area contributed by atoms with Crippen LogP contribution in [-0.2, 0) is 11.3 Å².